The summed E-state index contributed by atoms with van der Waals surface area (Å²) in [6, 6.07) is 4.72. The number of ether oxygens (including phenoxy) is 1. The van der Waals surface area contributed by atoms with E-state index in [4.69, 9.17) is 10.5 Å². The molecule has 0 amide bonds. The topological polar surface area (TPSA) is 47.6 Å². The molecular weight excluding hydrogens is 243 g/mol. The molecule has 2 rings (SSSR count). The first-order chi connectivity index (χ1) is 9.20. The molecule has 0 bridgehead atoms. The van der Waals surface area contributed by atoms with Gasteiger partial charge in [-0.25, -0.2) is 9.38 Å². The molecule has 1 fully saturated rings. The molecule has 0 unspecified atom stereocenters. The summed E-state index contributed by atoms with van der Waals surface area (Å²) < 4.78 is 18.9. The first kappa shape index (κ1) is 13.8. The van der Waals surface area contributed by atoms with Crippen molar-refractivity contribution in [1.29, 1.82) is 0 Å². The van der Waals surface area contributed by atoms with Crippen molar-refractivity contribution in [3.8, 4) is 5.75 Å². The van der Waals surface area contributed by atoms with Crippen LogP contribution in [-0.2, 0) is 0 Å². The fraction of sp³-hybridized carbons (Fsp3) is 0.533. The number of hydrogen-bond donors (Lipinski definition) is 1. The highest BCUT2D eigenvalue weighted by atomic mass is 19.1. The summed E-state index contributed by atoms with van der Waals surface area (Å²) in [5.41, 5.74) is 6.58. The fourth-order valence-electron chi connectivity index (χ4n) is 2.47. The molecule has 1 aliphatic rings. The number of nitrogens with zero attached hydrogens (tertiary/aromatic N) is 1. The van der Waals surface area contributed by atoms with Crippen molar-refractivity contribution in [3.63, 3.8) is 0 Å². The Balaban J connectivity index is 2.10. The van der Waals surface area contributed by atoms with Crippen molar-refractivity contribution in [1.82, 2.24) is 0 Å². The van der Waals surface area contributed by atoms with E-state index in [1.54, 1.807) is 12.1 Å². The van der Waals surface area contributed by atoms with E-state index < -0.39 is 0 Å². The average Bonchev–Trinajstić information content (AvgIpc) is 2.43. The average molecular weight is 264 g/mol. The highest BCUT2D eigenvalue weighted by Crippen LogP contribution is 2.27. The predicted molar refractivity (Wildman–Crippen MR) is 75.4 cm³/mol. The van der Waals surface area contributed by atoms with Gasteiger partial charge in [0.1, 0.15) is 5.84 Å². The maximum Gasteiger partial charge on any atom is 0.167 e. The number of rotatable bonds is 4. The SMILES string of the molecule is CCOc1ccc(N=C(N)C2CCCCC2)cc1F. The van der Waals surface area contributed by atoms with Crippen LogP contribution in [0.3, 0.4) is 0 Å². The van der Waals surface area contributed by atoms with E-state index >= 15 is 0 Å². The first-order valence-corrected chi connectivity index (χ1v) is 6.97. The molecule has 19 heavy (non-hydrogen) atoms. The standard InChI is InChI=1S/C15H21FN2O/c1-2-19-14-9-8-12(10-13(14)16)18-15(17)11-6-4-3-5-7-11/h8-11H,2-7H2,1H3,(H2,17,18). The van der Waals surface area contributed by atoms with Crippen molar-refractivity contribution in [2.45, 2.75) is 39.0 Å². The maximum atomic E-state index is 13.7. The normalized spacial score (nSPS) is 17.5. The number of benzene rings is 1. The Hall–Kier alpha value is -1.58. The number of aliphatic imine (C=N–C) groups is 1. The minimum absolute atomic E-state index is 0.262. The molecule has 1 aromatic rings. The van der Waals surface area contributed by atoms with Gasteiger partial charge < -0.3 is 10.5 Å². The van der Waals surface area contributed by atoms with E-state index in [9.17, 15) is 4.39 Å². The predicted octanol–water partition coefficient (Wildman–Crippen LogP) is 3.79. The zero-order chi connectivity index (χ0) is 13.7. The Morgan fingerprint density at radius 3 is 2.74 bits per heavy atom. The third-order valence-corrected chi connectivity index (χ3v) is 3.50. The number of hydrogen-bond acceptors (Lipinski definition) is 2. The first-order valence-electron chi connectivity index (χ1n) is 6.97. The van der Waals surface area contributed by atoms with Crippen LogP contribution < -0.4 is 10.5 Å². The summed E-state index contributed by atoms with van der Waals surface area (Å²) >= 11 is 0. The zero-order valence-corrected chi connectivity index (χ0v) is 11.4. The van der Waals surface area contributed by atoms with Gasteiger partial charge in [-0.05, 0) is 31.9 Å². The van der Waals surface area contributed by atoms with E-state index in [2.05, 4.69) is 4.99 Å². The molecule has 1 aliphatic carbocycles. The summed E-state index contributed by atoms with van der Waals surface area (Å²) in [5, 5.41) is 0. The van der Waals surface area contributed by atoms with Gasteiger partial charge in [0, 0.05) is 12.0 Å². The van der Waals surface area contributed by atoms with E-state index in [0.717, 1.165) is 12.8 Å². The van der Waals surface area contributed by atoms with E-state index in [-0.39, 0.29) is 11.6 Å². The molecular formula is C15H21FN2O. The zero-order valence-electron chi connectivity index (χ0n) is 11.4. The third kappa shape index (κ3) is 3.69. The highest BCUT2D eigenvalue weighted by molar-refractivity contribution is 5.85. The van der Waals surface area contributed by atoms with Crippen molar-refractivity contribution in [2.75, 3.05) is 6.61 Å². The van der Waals surface area contributed by atoms with Gasteiger partial charge in [0.05, 0.1) is 12.3 Å². The van der Waals surface area contributed by atoms with Crippen LogP contribution >= 0.6 is 0 Å². The summed E-state index contributed by atoms with van der Waals surface area (Å²) in [7, 11) is 0. The second kappa shape index (κ2) is 6.55. The molecule has 0 saturated heterocycles. The van der Waals surface area contributed by atoms with Crippen LogP contribution in [0.2, 0.25) is 0 Å². The lowest BCUT2D eigenvalue weighted by Crippen LogP contribution is -2.25. The second-order valence-electron chi connectivity index (χ2n) is 4.92. The minimum atomic E-state index is -0.389. The van der Waals surface area contributed by atoms with Gasteiger partial charge in [0.25, 0.3) is 0 Å². The molecule has 2 N–H and O–H groups in total. The highest BCUT2D eigenvalue weighted by Gasteiger charge is 2.17. The molecule has 0 heterocycles. The monoisotopic (exact) mass is 264 g/mol. The van der Waals surface area contributed by atoms with Crippen molar-refractivity contribution in [3.05, 3.63) is 24.0 Å². The van der Waals surface area contributed by atoms with Crippen molar-refractivity contribution >= 4 is 11.5 Å². The summed E-state index contributed by atoms with van der Waals surface area (Å²) in [6.07, 6.45) is 5.88. The molecule has 1 saturated carbocycles. The Kier molecular flexibility index (Phi) is 4.77. The van der Waals surface area contributed by atoms with Crippen LogP contribution in [0.25, 0.3) is 0 Å². The van der Waals surface area contributed by atoms with E-state index in [1.165, 1.54) is 25.3 Å². The smallest absolute Gasteiger partial charge is 0.167 e. The summed E-state index contributed by atoms with van der Waals surface area (Å²) in [4.78, 5) is 4.34. The van der Waals surface area contributed by atoms with Gasteiger partial charge in [-0.3, -0.25) is 0 Å². The minimum Gasteiger partial charge on any atom is -0.491 e. The van der Waals surface area contributed by atoms with Crippen LogP contribution in [0.1, 0.15) is 39.0 Å². The molecule has 0 spiro atoms. The number of nitrogens with two attached hydrogens (primary N) is 1. The number of halogens is 1. The van der Waals surface area contributed by atoms with Gasteiger partial charge in [-0.2, -0.15) is 0 Å². The number of amidine groups is 1. The Bertz CT molecular complexity index is 453. The van der Waals surface area contributed by atoms with E-state index in [1.807, 2.05) is 6.92 Å². The van der Waals surface area contributed by atoms with Crippen LogP contribution in [0, 0.1) is 11.7 Å². The van der Waals surface area contributed by atoms with Gasteiger partial charge in [0.15, 0.2) is 11.6 Å². The van der Waals surface area contributed by atoms with E-state index in [0.29, 0.717) is 24.0 Å². The summed E-state index contributed by atoms with van der Waals surface area (Å²) in [5.74, 6) is 0.851. The molecule has 1 aromatic carbocycles. The van der Waals surface area contributed by atoms with Gasteiger partial charge >= 0.3 is 0 Å². The van der Waals surface area contributed by atoms with Crippen molar-refractivity contribution in [2.24, 2.45) is 16.6 Å². The quantitative estimate of drug-likeness (QED) is 0.664. The van der Waals surface area contributed by atoms with Crippen LogP contribution in [-0.4, -0.2) is 12.4 Å². The molecule has 0 aromatic heterocycles. The fourth-order valence-corrected chi connectivity index (χ4v) is 2.47. The lowest BCUT2D eigenvalue weighted by atomic mass is 9.88. The van der Waals surface area contributed by atoms with Gasteiger partial charge in [0.2, 0.25) is 0 Å². The largest absolute Gasteiger partial charge is 0.491 e. The van der Waals surface area contributed by atoms with Crippen LogP contribution in [0.15, 0.2) is 23.2 Å². The van der Waals surface area contributed by atoms with Gasteiger partial charge in [-0.15, -0.1) is 0 Å². The molecule has 4 heteroatoms. The lowest BCUT2D eigenvalue weighted by Gasteiger charge is -2.20. The summed E-state index contributed by atoms with van der Waals surface area (Å²) in [6.45, 7) is 2.27. The van der Waals surface area contributed by atoms with Crippen LogP contribution in [0.4, 0.5) is 10.1 Å². The molecule has 0 radical (unpaired) electrons. The Morgan fingerprint density at radius 1 is 1.37 bits per heavy atom. The molecule has 3 nitrogen and oxygen atoms in total. The Labute approximate surface area is 113 Å². The maximum absolute atomic E-state index is 13.7. The lowest BCUT2D eigenvalue weighted by molar-refractivity contribution is 0.321. The van der Waals surface area contributed by atoms with Gasteiger partial charge in [-0.1, -0.05) is 19.3 Å². The van der Waals surface area contributed by atoms with Crippen molar-refractivity contribution < 1.29 is 9.13 Å². The third-order valence-electron chi connectivity index (χ3n) is 3.50. The van der Waals surface area contributed by atoms with Crippen LogP contribution in [0.5, 0.6) is 5.75 Å². The Morgan fingerprint density at radius 2 is 2.11 bits per heavy atom. The molecule has 0 atom stereocenters. The second-order valence-corrected chi connectivity index (χ2v) is 4.92. The molecule has 0 aliphatic heterocycles. The molecule has 104 valence electrons.